The van der Waals surface area contributed by atoms with E-state index in [1.807, 2.05) is 11.0 Å². The fourth-order valence-corrected chi connectivity index (χ4v) is 2.29. The summed E-state index contributed by atoms with van der Waals surface area (Å²) in [5.41, 5.74) is 0.729. The van der Waals surface area contributed by atoms with Crippen LogP contribution in [-0.4, -0.2) is 33.9 Å². The number of anilines is 2. The van der Waals surface area contributed by atoms with E-state index in [-0.39, 0.29) is 11.8 Å². The molecule has 6 nitrogen and oxygen atoms in total. The van der Waals surface area contributed by atoms with Crippen molar-refractivity contribution in [2.75, 3.05) is 23.3 Å². The van der Waals surface area contributed by atoms with E-state index in [9.17, 15) is 4.79 Å². The van der Waals surface area contributed by atoms with Crippen LogP contribution >= 0.6 is 0 Å². The highest BCUT2D eigenvalue weighted by Gasteiger charge is 2.29. The second-order valence-corrected chi connectivity index (χ2v) is 4.71. The van der Waals surface area contributed by atoms with Crippen LogP contribution in [0.2, 0.25) is 0 Å². The SMILES string of the molecule is O=C(Nc1cccnc1)C1CCN(c2ncccn2)C1. The first-order chi connectivity index (χ1) is 9.83. The molecular weight excluding hydrogens is 254 g/mol. The van der Waals surface area contributed by atoms with Crippen molar-refractivity contribution in [2.24, 2.45) is 5.92 Å². The quantitative estimate of drug-likeness (QED) is 0.910. The lowest BCUT2D eigenvalue weighted by molar-refractivity contribution is -0.119. The van der Waals surface area contributed by atoms with Crippen LogP contribution in [0.25, 0.3) is 0 Å². The van der Waals surface area contributed by atoms with Crippen molar-refractivity contribution in [3.8, 4) is 0 Å². The first-order valence-electron chi connectivity index (χ1n) is 6.56. The molecule has 0 spiro atoms. The fraction of sp³-hybridized carbons (Fsp3) is 0.286. The van der Waals surface area contributed by atoms with Crippen molar-refractivity contribution < 1.29 is 4.79 Å². The summed E-state index contributed by atoms with van der Waals surface area (Å²) in [6.07, 6.45) is 7.56. The number of nitrogens with one attached hydrogen (secondary N) is 1. The second kappa shape index (κ2) is 5.64. The Morgan fingerprint density at radius 3 is 2.85 bits per heavy atom. The Labute approximate surface area is 116 Å². The number of nitrogens with zero attached hydrogens (tertiary/aromatic N) is 4. The topological polar surface area (TPSA) is 71.0 Å². The Hall–Kier alpha value is -2.50. The molecule has 1 atom stereocenters. The van der Waals surface area contributed by atoms with E-state index >= 15 is 0 Å². The molecule has 2 aromatic heterocycles. The summed E-state index contributed by atoms with van der Waals surface area (Å²) in [6.45, 7) is 1.45. The maximum absolute atomic E-state index is 12.2. The predicted molar refractivity (Wildman–Crippen MR) is 75.2 cm³/mol. The van der Waals surface area contributed by atoms with Crippen molar-refractivity contribution >= 4 is 17.5 Å². The van der Waals surface area contributed by atoms with Gasteiger partial charge in [0.05, 0.1) is 17.8 Å². The largest absolute Gasteiger partial charge is 0.340 e. The lowest BCUT2D eigenvalue weighted by Gasteiger charge is -2.15. The number of rotatable bonds is 3. The van der Waals surface area contributed by atoms with E-state index in [4.69, 9.17) is 0 Å². The van der Waals surface area contributed by atoms with E-state index in [1.165, 1.54) is 0 Å². The van der Waals surface area contributed by atoms with E-state index < -0.39 is 0 Å². The van der Waals surface area contributed by atoms with Crippen LogP contribution in [-0.2, 0) is 4.79 Å². The standard InChI is InChI=1S/C14H15N5O/c20-13(18-12-3-1-5-15-9-12)11-4-8-19(10-11)14-16-6-2-7-17-14/h1-3,5-7,9,11H,4,8,10H2,(H,18,20). The number of carbonyl (C=O) groups is 1. The van der Waals surface area contributed by atoms with Gasteiger partial charge in [-0.05, 0) is 24.6 Å². The Morgan fingerprint density at radius 2 is 2.10 bits per heavy atom. The molecule has 1 fully saturated rings. The minimum absolute atomic E-state index is 0.0245. The molecule has 1 aliphatic rings. The van der Waals surface area contributed by atoms with Crippen LogP contribution in [0, 0.1) is 5.92 Å². The van der Waals surface area contributed by atoms with Crippen molar-refractivity contribution in [2.45, 2.75) is 6.42 Å². The van der Waals surface area contributed by atoms with Crippen molar-refractivity contribution in [1.82, 2.24) is 15.0 Å². The molecular formula is C14H15N5O. The lowest BCUT2D eigenvalue weighted by atomic mass is 10.1. The normalized spacial score (nSPS) is 18.0. The predicted octanol–water partition coefficient (Wildman–Crippen LogP) is 1.34. The lowest BCUT2D eigenvalue weighted by Crippen LogP contribution is -2.27. The maximum atomic E-state index is 12.2. The first kappa shape index (κ1) is 12.5. The Balaban J connectivity index is 1.61. The molecule has 102 valence electrons. The van der Waals surface area contributed by atoms with Gasteiger partial charge >= 0.3 is 0 Å². The van der Waals surface area contributed by atoms with Crippen LogP contribution in [0.15, 0.2) is 43.0 Å². The van der Waals surface area contributed by atoms with Crippen LogP contribution in [0.3, 0.4) is 0 Å². The average molecular weight is 269 g/mol. The van der Waals surface area contributed by atoms with Crippen LogP contribution in [0.1, 0.15) is 6.42 Å². The number of pyridine rings is 1. The molecule has 1 aliphatic heterocycles. The number of hydrogen-bond acceptors (Lipinski definition) is 5. The van der Waals surface area contributed by atoms with E-state index in [1.54, 1.807) is 36.9 Å². The molecule has 0 aromatic carbocycles. The minimum Gasteiger partial charge on any atom is -0.340 e. The van der Waals surface area contributed by atoms with Gasteiger partial charge in [0.1, 0.15) is 0 Å². The van der Waals surface area contributed by atoms with Gasteiger partial charge in [0.25, 0.3) is 0 Å². The summed E-state index contributed by atoms with van der Waals surface area (Å²) in [6, 6.07) is 5.42. The van der Waals surface area contributed by atoms with Crippen LogP contribution in [0.5, 0.6) is 0 Å². The van der Waals surface area contributed by atoms with Gasteiger partial charge in [0.15, 0.2) is 0 Å². The average Bonchev–Trinajstić information content (AvgIpc) is 2.99. The summed E-state index contributed by atoms with van der Waals surface area (Å²) < 4.78 is 0. The summed E-state index contributed by atoms with van der Waals surface area (Å²) >= 11 is 0. The highest BCUT2D eigenvalue weighted by atomic mass is 16.1. The van der Waals surface area contributed by atoms with Gasteiger partial charge < -0.3 is 10.2 Å². The zero-order valence-electron chi connectivity index (χ0n) is 10.9. The third kappa shape index (κ3) is 2.74. The highest BCUT2D eigenvalue weighted by Crippen LogP contribution is 2.21. The van der Waals surface area contributed by atoms with Crippen molar-refractivity contribution in [1.29, 1.82) is 0 Å². The van der Waals surface area contributed by atoms with Gasteiger partial charge in [-0.25, -0.2) is 9.97 Å². The fourth-order valence-electron chi connectivity index (χ4n) is 2.29. The zero-order chi connectivity index (χ0) is 13.8. The van der Waals surface area contributed by atoms with Crippen molar-refractivity contribution in [3.05, 3.63) is 43.0 Å². The Bertz CT molecular complexity index is 575. The Kier molecular flexibility index (Phi) is 3.54. The maximum Gasteiger partial charge on any atom is 0.229 e. The molecule has 1 saturated heterocycles. The monoisotopic (exact) mass is 269 g/mol. The summed E-state index contributed by atoms with van der Waals surface area (Å²) in [4.78, 5) is 26.6. The zero-order valence-corrected chi connectivity index (χ0v) is 10.9. The summed E-state index contributed by atoms with van der Waals surface area (Å²) in [7, 11) is 0. The molecule has 6 heteroatoms. The Morgan fingerprint density at radius 1 is 1.25 bits per heavy atom. The van der Waals surface area contributed by atoms with E-state index in [0.717, 1.165) is 18.7 Å². The molecule has 1 unspecified atom stereocenters. The molecule has 0 saturated carbocycles. The van der Waals surface area contributed by atoms with Gasteiger partial charge in [-0.15, -0.1) is 0 Å². The number of aromatic nitrogens is 3. The molecule has 0 radical (unpaired) electrons. The highest BCUT2D eigenvalue weighted by molar-refractivity contribution is 5.93. The van der Waals surface area contributed by atoms with Crippen LogP contribution in [0.4, 0.5) is 11.6 Å². The van der Waals surface area contributed by atoms with Gasteiger partial charge in [0, 0.05) is 31.7 Å². The van der Waals surface area contributed by atoms with Crippen LogP contribution < -0.4 is 10.2 Å². The second-order valence-electron chi connectivity index (χ2n) is 4.71. The molecule has 0 bridgehead atoms. The van der Waals surface area contributed by atoms with Gasteiger partial charge in [-0.3, -0.25) is 9.78 Å². The van der Waals surface area contributed by atoms with Gasteiger partial charge in [-0.2, -0.15) is 0 Å². The molecule has 3 heterocycles. The van der Waals surface area contributed by atoms with E-state index in [0.29, 0.717) is 12.5 Å². The summed E-state index contributed by atoms with van der Waals surface area (Å²) in [5.74, 6) is 0.666. The molecule has 1 N–H and O–H groups in total. The molecule has 20 heavy (non-hydrogen) atoms. The number of hydrogen-bond donors (Lipinski definition) is 1. The smallest absolute Gasteiger partial charge is 0.229 e. The third-order valence-corrected chi connectivity index (χ3v) is 3.32. The molecule has 3 rings (SSSR count). The molecule has 1 amide bonds. The van der Waals surface area contributed by atoms with Gasteiger partial charge in [0.2, 0.25) is 11.9 Å². The van der Waals surface area contributed by atoms with Crippen molar-refractivity contribution in [3.63, 3.8) is 0 Å². The number of carbonyl (C=O) groups excluding carboxylic acids is 1. The molecule has 0 aliphatic carbocycles. The summed E-state index contributed by atoms with van der Waals surface area (Å²) in [5, 5.41) is 2.89. The number of amides is 1. The van der Waals surface area contributed by atoms with Gasteiger partial charge in [-0.1, -0.05) is 0 Å². The van der Waals surface area contributed by atoms with E-state index in [2.05, 4.69) is 20.3 Å². The molecule has 2 aromatic rings. The first-order valence-corrected chi connectivity index (χ1v) is 6.56. The third-order valence-electron chi connectivity index (χ3n) is 3.32. The minimum atomic E-state index is -0.0426.